The maximum Gasteiger partial charge on any atom is 0.191 e. The van der Waals surface area contributed by atoms with Gasteiger partial charge in [0, 0.05) is 19.6 Å². The van der Waals surface area contributed by atoms with Crippen molar-refractivity contribution in [2.75, 3.05) is 26.2 Å². The molecule has 0 unspecified atom stereocenters. The topological polar surface area (TPSA) is 45.6 Å². The van der Waals surface area contributed by atoms with E-state index in [-0.39, 0.29) is 0 Å². The molecule has 1 aliphatic heterocycles. The number of nitrogens with zero attached hydrogens (tertiary/aromatic N) is 1. The molecule has 0 saturated heterocycles. The van der Waals surface area contributed by atoms with E-state index in [2.05, 4.69) is 15.6 Å². The van der Waals surface area contributed by atoms with Crippen LogP contribution in [0.5, 0.6) is 5.75 Å². The van der Waals surface area contributed by atoms with Gasteiger partial charge in [0.2, 0.25) is 0 Å². The zero-order chi connectivity index (χ0) is 11.8. The summed E-state index contributed by atoms with van der Waals surface area (Å²) < 4.78 is 5.60. The van der Waals surface area contributed by atoms with Gasteiger partial charge in [-0.1, -0.05) is 18.2 Å². The third-order valence-corrected chi connectivity index (χ3v) is 2.52. The molecule has 0 amide bonds. The molecule has 1 aromatic carbocycles. The standard InChI is InChI=1S/C13H19N3O/c1-2-6-12(7-3-1)17-11-5-10-16-13-14-8-4-9-15-13/h1-3,6-7H,4-5,8-11H2,(H2,14,15,16). The molecule has 1 aliphatic rings. The highest BCUT2D eigenvalue weighted by Crippen LogP contribution is 2.07. The van der Waals surface area contributed by atoms with Gasteiger partial charge in [0.25, 0.3) is 0 Å². The summed E-state index contributed by atoms with van der Waals surface area (Å²) in [5.41, 5.74) is 0. The van der Waals surface area contributed by atoms with Crippen LogP contribution in [0.1, 0.15) is 12.8 Å². The smallest absolute Gasteiger partial charge is 0.191 e. The van der Waals surface area contributed by atoms with Gasteiger partial charge in [-0.2, -0.15) is 0 Å². The molecule has 2 rings (SSSR count). The Kier molecular flexibility index (Phi) is 4.69. The van der Waals surface area contributed by atoms with Crippen LogP contribution in [0.15, 0.2) is 35.3 Å². The maximum absolute atomic E-state index is 5.60. The van der Waals surface area contributed by atoms with Gasteiger partial charge in [0.15, 0.2) is 5.96 Å². The molecule has 0 bridgehead atoms. The normalized spacial score (nSPS) is 14.7. The minimum atomic E-state index is 0.726. The molecular formula is C13H19N3O. The highest BCUT2D eigenvalue weighted by atomic mass is 16.5. The van der Waals surface area contributed by atoms with E-state index < -0.39 is 0 Å². The van der Waals surface area contributed by atoms with Crippen LogP contribution in [0.4, 0.5) is 0 Å². The van der Waals surface area contributed by atoms with Crippen molar-refractivity contribution >= 4 is 5.96 Å². The Morgan fingerprint density at radius 1 is 1.29 bits per heavy atom. The molecule has 0 aliphatic carbocycles. The molecular weight excluding hydrogens is 214 g/mol. The van der Waals surface area contributed by atoms with E-state index in [1.54, 1.807) is 0 Å². The largest absolute Gasteiger partial charge is 0.494 e. The lowest BCUT2D eigenvalue weighted by Crippen LogP contribution is -2.41. The molecule has 0 fully saturated rings. The molecule has 17 heavy (non-hydrogen) atoms. The molecule has 2 N–H and O–H groups in total. The highest BCUT2D eigenvalue weighted by Gasteiger charge is 2.01. The fraction of sp³-hybridized carbons (Fsp3) is 0.462. The Balaban J connectivity index is 1.56. The van der Waals surface area contributed by atoms with Crippen LogP contribution in [0.2, 0.25) is 0 Å². The number of aliphatic imine (C=N–C) groups is 1. The molecule has 1 aromatic rings. The first kappa shape index (κ1) is 11.8. The van der Waals surface area contributed by atoms with Crippen LogP contribution in [0.3, 0.4) is 0 Å². The van der Waals surface area contributed by atoms with Gasteiger partial charge in [0.05, 0.1) is 6.61 Å². The fourth-order valence-electron chi connectivity index (χ4n) is 1.64. The second-order valence-corrected chi connectivity index (χ2v) is 3.95. The molecule has 0 aromatic heterocycles. The van der Waals surface area contributed by atoms with Gasteiger partial charge in [-0.15, -0.1) is 0 Å². The third-order valence-electron chi connectivity index (χ3n) is 2.52. The first-order valence-electron chi connectivity index (χ1n) is 6.15. The van der Waals surface area contributed by atoms with Crippen LogP contribution in [0, 0.1) is 0 Å². The molecule has 0 radical (unpaired) electrons. The van der Waals surface area contributed by atoms with Gasteiger partial charge < -0.3 is 15.4 Å². The molecule has 0 spiro atoms. The zero-order valence-corrected chi connectivity index (χ0v) is 9.98. The zero-order valence-electron chi connectivity index (χ0n) is 9.98. The fourth-order valence-corrected chi connectivity index (χ4v) is 1.64. The molecule has 4 nitrogen and oxygen atoms in total. The van der Waals surface area contributed by atoms with Gasteiger partial charge in [0.1, 0.15) is 5.75 Å². The summed E-state index contributed by atoms with van der Waals surface area (Å²) in [6, 6.07) is 9.89. The number of hydrogen-bond acceptors (Lipinski definition) is 4. The van der Waals surface area contributed by atoms with E-state index in [4.69, 9.17) is 4.74 Å². The van der Waals surface area contributed by atoms with Crippen molar-refractivity contribution in [3.05, 3.63) is 30.3 Å². The summed E-state index contributed by atoms with van der Waals surface area (Å²) in [6.07, 6.45) is 2.10. The van der Waals surface area contributed by atoms with E-state index in [0.29, 0.717) is 0 Å². The number of hydrogen-bond donors (Lipinski definition) is 2. The van der Waals surface area contributed by atoms with Crippen LogP contribution in [-0.4, -0.2) is 32.2 Å². The van der Waals surface area contributed by atoms with Crippen molar-refractivity contribution < 1.29 is 4.74 Å². The third kappa shape index (κ3) is 4.34. The SMILES string of the molecule is c1ccc(OCCCNC2=NCCCN2)cc1. The second kappa shape index (κ2) is 6.78. The summed E-state index contributed by atoms with van der Waals surface area (Å²) in [5.74, 6) is 1.86. The minimum Gasteiger partial charge on any atom is -0.494 e. The number of para-hydroxylation sites is 1. The van der Waals surface area contributed by atoms with Crippen molar-refractivity contribution in [2.24, 2.45) is 4.99 Å². The highest BCUT2D eigenvalue weighted by molar-refractivity contribution is 5.80. The molecule has 92 valence electrons. The van der Waals surface area contributed by atoms with Crippen LogP contribution < -0.4 is 15.4 Å². The number of guanidine groups is 1. The predicted octanol–water partition coefficient (Wildman–Crippen LogP) is 1.39. The maximum atomic E-state index is 5.60. The van der Waals surface area contributed by atoms with Crippen LogP contribution in [-0.2, 0) is 0 Å². The van der Waals surface area contributed by atoms with Gasteiger partial charge >= 0.3 is 0 Å². The number of rotatable bonds is 5. The molecule has 4 heteroatoms. The quantitative estimate of drug-likeness (QED) is 0.756. The monoisotopic (exact) mass is 233 g/mol. The minimum absolute atomic E-state index is 0.726. The summed E-state index contributed by atoms with van der Waals surface area (Å²) in [5, 5.41) is 6.49. The first-order chi connectivity index (χ1) is 8.45. The van der Waals surface area contributed by atoms with Gasteiger partial charge in [-0.05, 0) is 25.0 Å². The van der Waals surface area contributed by atoms with E-state index in [0.717, 1.165) is 50.8 Å². The summed E-state index contributed by atoms with van der Waals surface area (Å²) in [4.78, 5) is 4.34. The number of ether oxygens (including phenoxy) is 1. The summed E-state index contributed by atoms with van der Waals surface area (Å²) in [6.45, 7) is 3.56. The Labute approximate surface area is 102 Å². The van der Waals surface area contributed by atoms with E-state index in [1.807, 2.05) is 30.3 Å². The summed E-state index contributed by atoms with van der Waals surface area (Å²) in [7, 11) is 0. The Bertz CT molecular complexity index is 351. The lowest BCUT2D eigenvalue weighted by Gasteiger charge is -2.15. The predicted molar refractivity (Wildman–Crippen MR) is 69.5 cm³/mol. The van der Waals surface area contributed by atoms with E-state index >= 15 is 0 Å². The molecule has 0 saturated carbocycles. The Morgan fingerprint density at radius 3 is 2.94 bits per heavy atom. The summed E-state index contributed by atoms with van der Waals surface area (Å²) >= 11 is 0. The van der Waals surface area contributed by atoms with Crippen molar-refractivity contribution in [1.29, 1.82) is 0 Å². The first-order valence-corrected chi connectivity index (χ1v) is 6.15. The average Bonchev–Trinajstić information content (AvgIpc) is 2.41. The van der Waals surface area contributed by atoms with Crippen molar-refractivity contribution in [3.63, 3.8) is 0 Å². The van der Waals surface area contributed by atoms with E-state index in [1.165, 1.54) is 0 Å². The van der Waals surface area contributed by atoms with Gasteiger partial charge in [-0.3, -0.25) is 4.99 Å². The lowest BCUT2D eigenvalue weighted by atomic mass is 10.3. The van der Waals surface area contributed by atoms with Crippen LogP contribution in [0.25, 0.3) is 0 Å². The number of benzene rings is 1. The van der Waals surface area contributed by atoms with Gasteiger partial charge in [-0.25, -0.2) is 0 Å². The van der Waals surface area contributed by atoms with Crippen molar-refractivity contribution in [3.8, 4) is 5.75 Å². The van der Waals surface area contributed by atoms with Crippen molar-refractivity contribution in [2.45, 2.75) is 12.8 Å². The average molecular weight is 233 g/mol. The van der Waals surface area contributed by atoms with E-state index in [9.17, 15) is 0 Å². The molecule has 1 heterocycles. The lowest BCUT2D eigenvalue weighted by molar-refractivity contribution is 0.311. The number of nitrogens with one attached hydrogen (secondary N) is 2. The second-order valence-electron chi connectivity index (χ2n) is 3.95. The van der Waals surface area contributed by atoms with Crippen LogP contribution >= 0.6 is 0 Å². The molecule has 0 atom stereocenters. The Morgan fingerprint density at radius 2 is 2.18 bits per heavy atom. The Hall–Kier alpha value is -1.71. The van der Waals surface area contributed by atoms with Crippen molar-refractivity contribution in [1.82, 2.24) is 10.6 Å².